The van der Waals surface area contributed by atoms with Crippen LogP contribution in [-0.2, 0) is 22.6 Å². The van der Waals surface area contributed by atoms with Crippen LogP contribution in [0.5, 0.6) is 11.5 Å². The predicted molar refractivity (Wildman–Crippen MR) is 126 cm³/mol. The quantitative estimate of drug-likeness (QED) is 0.375. The summed E-state index contributed by atoms with van der Waals surface area (Å²) < 4.78 is 10.9. The molecule has 0 aliphatic carbocycles. The number of nitrogens with zero attached hydrogens (tertiary/aromatic N) is 1. The van der Waals surface area contributed by atoms with Crippen LogP contribution in [0.4, 0.5) is 4.79 Å². The van der Waals surface area contributed by atoms with Crippen LogP contribution in [0.1, 0.15) is 11.3 Å². The monoisotopic (exact) mass is 459 g/mol. The molecule has 0 unspecified atom stereocenters. The number of hydrogen-bond acceptors (Lipinski definition) is 6. The number of aromatic nitrogens is 1. The Morgan fingerprint density at radius 1 is 0.848 bits per heavy atom. The molecule has 0 saturated heterocycles. The maximum Gasteiger partial charge on any atom is 0.426 e. The van der Waals surface area contributed by atoms with Crippen molar-refractivity contribution in [3.8, 4) is 22.1 Å². The van der Waals surface area contributed by atoms with E-state index in [0.717, 1.165) is 16.1 Å². The van der Waals surface area contributed by atoms with Crippen LogP contribution in [0, 0.1) is 0 Å². The zero-order valence-corrected chi connectivity index (χ0v) is 18.4. The zero-order chi connectivity index (χ0) is 22.9. The van der Waals surface area contributed by atoms with E-state index in [4.69, 9.17) is 9.47 Å². The third kappa shape index (κ3) is 6.65. The molecule has 2 amide bonds. The maximum atomic E-state index is 12.1. The molecule has 0 aliphatic heterocycles. The Labute approximate surface area is 195 Å². The summed E-state index contributed by atoms with van der Waals surface area (Å²) in [4.78, 5) is 28.5. The molecule has 0 bridgehead atoms. The summed E-state index contributed by atoms with van der Waals surface area (Å²) in [6, 6.07) is 26.4. The van der Waals surface area contributed by atoms with Crippen molar-refractivity contribution in [1.82, 2.24) is 15.8 Å². The molecule has 0 aliphatic rings. The summed E-state index contributed by atoms with van der Waals surface area (Å²) in [5.74, 6) is 0.955. The molecule has 2 N–H and O–H groups in total. The average Bonchev–Trinajstić information content (AvgIpc) is 3.31. The molecule has 0 radical (unpaired) electrons. The van der Waals surface area contributed by atoms with E-state index in [9.17, 15) is 9.59 Å². The van der Waals surface area contributed by atoms with Crippen molar-refractivity contribution in [3.63, 3.8) is 0 Å². The standard InChI is InChI=1S/C25H21N3O4S/c29-23(15-20-17-33-24(26-20)19-9-3-1-4-10-19)27-28-25(30)31-16-18-8-7-13-22(14-18)32-21-11-5-2-6-12-21/h1-14,17H,15-16H2,(H,27,29)(H,28,30). The molecule has 166 valence electrons. The van der Waals surface area contributed by atoms with Gasteiger partial charge in [0.1, 0.15) is 23.1 Å². The van der Waals surface area contributed by atoms with Gasteiger partial charge < -0.3 is 9.47 Å². The van der Waals surface area contributed by atoms with Crippen molar-refractivity contribution >= 4 is 23.3 Å². The fourth-order valence-corrected chi connectivity index (χ4v) is 3.77. The SMILES string of the molecule is O=C(Cc1csc(-c2ccccc2)n1)NNC(=O)OCc1cccc(Oc2ccccc2)c1. The van der Waals surface area contributed by atoms with Gasteiger partial charge in [-0.25, -0.2) is 15.2 Å². The highest BCUT2D eigenvalue weighted by molar-refractivity contribution is 7.13. The number of para-hydroxylation sites is 1. The summed E-state index contributed by atoms with van der Waals surface area (Å²) in [6.45, 7) is 0.0280. The molecular weight excluding hydrogens is 438 g/mol. The Hall–Kier alpha value is -4.17. The fraction of sp³-hybridized carbons (Fsp3) is 0.0800. The van der Waals surface area contributed by atoms with Gasteiger partial charge in [0.2, 0.25) is 5.91 Å². The van der Waals surface area contributed by atoms with Gasteiger partial charge in [-0.1, -0.05) is 60.7 Å². The molecular formula is C25H21N3O4S. The summed E-state index contributed by atoms with van der Waals surface area (Å²) in [5.41, 5.74) is 6.96. The topological polar surface area (TPSA) is 89.6 Å². The first-order valence-corrected chi connectivity index (χ1v) is 11.1. The van der Waals surface area contributed by atoms with Gasteiger partial charge in [-0.15, -0.1) is 11.3 Å². The molecule has 0 fully saturated rings. The number of hydrazine groups is 1. The molecule has 8 heteroatoms. The lowest BCUT2D eigenvalue weighted by Crippen LogP contribution is -2.42. The lowest BCUT2D eigenvalue weighted by molar-refractivity contribution is -0.121. The first-order chi connectivity index (χ1) is 16.2. The number of carbonyl (C=O) groups excluding carboxylic acids is 2. The summed E-state index contributed by atoms with van der Waals surface area (Å²) >= 11 is 1.46. The Balaban J connectivity index is 1.21. The van der Waals surface area contributed by atoms with E-state index in [1.54, 1.807) is 6.07 Å². The lowest BCUT2D eigenvalue weighted by Gasteiger charge is -2.10. The van der Waals surface area contributed by atoms with E-state index in [2.05, 4.69) is 15.8 Å². The second-order valence-electron chi connectivity index (χ2n) is 7.00. The van der Waals surface area contributed by atoms with Crippen molar-refractivity contribution in [2.75, 3.05) is 0 Å². The van der Waals surface area contributed by atoms with Crippen LogP contribution in [0.15, 0.2) is 90.3 Å². The van der Waals surface area contributed by atoms with Gasteiger partial charge in [-0.2, -0.15) is 0 Å². The van der Waals surface area contributed by atoms with Gasteiger partial charge in [0.05, 0.1) is 12.1 Å². The number of benzene rings is 3. The third-order valence-corrected chi connectivity index (χ3v) is 5.41. The molecule has 0 atom stereocenters. The Morgan fingerprint density at radius 2 is 1.58 bits per heavy atom. The van der Waals surface area contributed by atoms with Crippen molar-refractivity contribution in [2.24, 2.45) is 0 Å². The Bertz CT molecular complexity index is 1210. The number of thiazole rings is 1. The minimum absolute atomic E-state index is 0.0280. The largest absolute Gasteiger partial charge is 0.457 e. The van der Waals surface area contributed by atoms with Crippen molar-refractivity contribution in [2.45, 2.75) is 13.0 Å². The van der Waals surface area contributed by atoms with Crippen LogP contribution in [0.3, 0.4) is 0 Å². The molecule has 1 aromatic heterocycles. The summed E-state index contributed by atoms with van der Waals surface area (Å²) in [6.07, 6.45) is -0.719. The number of hydrogen-bond donors (Lipinski definition) is 2. The molecule has 7 nitrogen and oxygen atoms in total. The van der Waals surface area contributed by atoms with E-state index < -0.39 is 12.0 Å². The van der Waals surface area contributed by atoms with Crippen LogP contribution < -0.4 is 15.6 Å². The van der Waals surface area contributed by atoms with Gasteiger partial charge in [0.25, 0.3) is 0 Å². The average molecular weight is 460 g/mol. The number of nitrogens with one attached hydrogen (secondary N) is 2. The van der Waals surface area contributed by atoms with Crippen LogP contribution >= 0.6 is 11.3 Å². The van der Waals surface area contributed by atoms with E-state index in [1.165, 1.54) is 11.3 Å². The van der Waals surface area contributed by atoms with Crippen LogP contribution in [0.2, 0.25) is 0 Å². The number of carbonyl (C=O) groups is 2. The second kappa shape index (κ2) is 10.9. The molecule has 0 spiro atoms. The zero-order valence-electron chi connectivity index (χ0n) is 17.6. The lowest BCUT2D eigenvalue weighted by atomic mass is 10.2. The van der Waals surface area contributed by atoms with Gasteiger partial charge in [0.15, 0.2) is 0 Å². The summed E-state index contributed by atoms with van der Waals surface area (Å²) in [7, 11) is 0. The second-order valence-corrected chi connectivity index (χ2v) is 7.86. The van der Waals surface area contributed by atoms with Gasteiger partial charge in [-0.3, -0.25) is 10.2 Å². The number of amides is 2. The Kier molecular flexibility index (Phi) is 7.29. The van der Waals surface area contributed by atoms with E-state index in [-0.39, 0.29) is 13.0 Å². The van der Waals surface area contributed by atoms with Gasteiger partial charge in [0, 0.05) is 10.9 Å². The van der Waals surface area contributed by atoms with Crippen LogP contribution in [0.25, 0.3) is 10.6 Å². The highest BCUT2D eigenvalue weighted by Crippen LogP contribution is 2.24. The smallest absolute Gasteiger partial charge is 0.426 e. The number of rotatable bonds is 7. The van der Waals surface area contributed by atoms with E-state index in [0.29, 0.717) is 17.2 Å². The highest BCUT2D eigenvalue weighted by Gasteiger charge is 2.11. The van der Waals surface area contributed by atoms with Crippen LogP contribution in [-0.4, -0.2) is 17.0 Å². The minimum atomic E-state index is -0.763. The van der Waals surface area contributed by atoms with E-state index in [1.807, 2.05) is 84.2 Å². The highest BCUT2D eigenvalue weighted by atomic mass is 32.1. The predicted octanol–water partition coefficient (Wildman–Crippen LogP) is 5.10. The molecule has 4 rings (SSSR count). The maximum absolute atomic E-state index is 12.1. The minimum Gasteiger partial charge on any atom is -0.457 e. The normalized spacial score (nSPS) is 10.3. The molecule has 0 saturated carbocycles. The van der Waals surface area contributed by atoms with Crippen molar-refractivity contribution in [3.05, 3.63) is 102 Å². The number of ether oxygens (including phenoxy) is 2. The molecule has 3 aromatic carbocycles. The molecule has 1 heterocycles. The molecule has 4 aromatic rings. The molecule has 33 heavy (non-hydrogen) atoms. The van der Waals surface area contributed by atoms with Crippen molar-refractivity contribution in [1.29, 1.82) is 0 Å². The third-order valence-electron chi connectivity index (χ3n) is 4.47. The van der Waals surface area contributed by atoms with Crippen molar-refractivity contribution < 1.29 is 19.1 Å². The van der Waals surface area contributed by atoms with E-state index >= 15 is 0 Å². The first kappa shape index (κ1) is 22.0. The van der Waals surface area contributed by atoms with Gasteiger partial charge >= 0.3 is 6.09 Å². The van der Waals surface area contributed by atoms with Gasteiger partial charge in [-0.05, 0) is 29.8 Å². The Morgan fingerprint density at radius 3 is 2.36 bits per heavy atom. The first-order valence-electron chi connectivity index (χ1n) is 10.2. The summed E-state index contributed by atoms with van der Waals surface area (Å²) in [5, 5.41) is 2.66. The fourth-order valence-electron chi connectivity index (χ4n) is 2.94.